The van der Waals surface area contributed by atoms with Gasteiger partial charge in [0, 0.05) is 24.2 Å². The number of aromatic amines is 1. The fraction of sp³-hybridized carbons (Fsp3) is 0.500. The summed E-state index contributed by atoms with van der Waals surface area (Å²) < 4.78 is 0. The third kappa shape index (κ3) is 2.27. The van der Waals surface area contributed by atoms with Crippen LogP contribution in [0.3, 0.4) is 0 Å². The highest BCUT2D eigenvalue weighted by molar-refractivity contribution is 7.98. The first-order valence-electron chi connectivity index (χ1n) is 3.67. The molecule has 0 fully saturated rings. The number of nitrogens with one attached hydrogen (secondary N) is 2. The molecule has 0 aliphatic heterocycles. The molecule has 11 heavy (non-hydrogen) atoms. The van der Waals surface area contributed by atoms with Crippen molar-refractivity contribution in [2.75, 3.05) is 19.1 Å². The van der Waals surface area contributed by atoms with Gasteiger partial charge in [-0.15, -0.1) is 0 Å². The Labute approximate surface area is 71.8 Å². The lowest BCUT2D eigenvalue weighted by atomic mass is 10.2. The summed E-state index contributed by atoms with van der Waals surface area (Å²) in [6, 6.07) is 2.59. The fourth-order valence-corrected chi connectivity index (χ4v) is 1.76. The maximum atomic E-state index is 3.26. The van der Waals surface area contributed by atoms with Crippen molar-refractivity contribution in [3.8, 4) is 0 Å². The van der Waals surface area contributed by atoms with Gasteiger partial charge < -0.3 is 10.3 Å². The zero-order chi connectivity index (χ0) is 8.10. The number of hydrogen-bond acceptors (Lipinski definition) is 2. The Kier molecular flexibility index (Phi) is 3.52. The van der Waals surface area contributed by atoms with Gasteiger partial charge in [-0.25, -0.2) is 0 Å². The maximum Gasteiger partial charge on any atom is 0.0424 e. The molecule has 0 aromatic carbocycles. The average Bonchev–Trinajstić information content (AvgIpc) is 2.52. The van der Waals surface area contributed by atoms with E-state index in [2.05, 4.69) is 22.6 Å². The summed E-state index contributed by atoms with van der Waals surface area (Å²) >= 11 is 1.86. The van der Waals surface area contributed by atoms with Crippen LogP contribution in [0.5, 0.6) is 0 Å². The van der Waals surface area contributed by atoms with Gasteiger partial charge in [-0.2, -0.15) is 11.8 Å². The summed E-state index contributed by atoms with van der Waals surface area (Å²) in [5.74, 6) is 1.12. The third-order valence-electron chi connectivity index (χ3n) is 1.71. The first kappa shape index (κ1) is 8.68. The third-order valence-corrected chi connectivity index (χ3v) is 2.37. The van der Waals surface area contributed by atoms with Gasteiger partial charge in [0.25, 0.3) is 0 Å². The minimum atomic E-state index is 0.483. The van der Waals surface area contributed by atoms with Gasteiger partial charge in [0.1, 0.15) is 0 Å². The molecular formula is C8H14N2S. The summed E-state index contributed by atoms with van der Waals surface area (Å²) in [5.41, 5.74) is 1.34. The highest BCUT2D eigenvalue weighted by Gasteiger charge is 2.06. The first-order chi connectivity index (χ1) is 5.38. The summed E-state index contributed by atoms with van der Waals surface area (Å²) in [7, 11) is 1.99. The van der Waals surface area contributed by atoms with E-state index in [9.17, 15) is 0 Å². The predicted molar refractivity (Wildman–Crippen MR) is 51.0 cm³/mol. The SMILES string of the molecule is CNC(CSC)c1cc[nH]c1. The van der Waals surface area contributed by atoms with E-state index in [1.807, 2.05) is 31.2 Å². The molecule has 1 unspecified atom stereocenters. The van der Waals surface area contributed by atoms with Gasteiger partial charge in [-0.05, 0) is 24.9 Å². The quantitative estimate of drug-likeness (QED) is 0.719. The Balaban J connectivity index is 2.56. The number of aromatic nitrogens is 1. The lowest BCUT2D eigenvalue weighted by molar-refractivity contribution is 0.663. The molecule has 1 heterocycles. The van der Waals surface area contributed by atoms with Gasteiger partial charge >= 0.3 is 0 Å². The van der Waals surface area contributed by atoms with Crippen molar-refractivity contribution in [3.05, 3.63) is 24.0 Å². The fourth-order valence-electron chi connectivity index (χ4n) is 1.07. The van der Waals surface area contributed by atoms with Crippen LogP contribution in [0.1, 0.15) is 11.6 Å². The molecule has 0 saturated heterocycles. The molecule has 0 radical (unpaired) electrons. The predicted octanol–water partition coefficient (Wildman–Crippen LogP) is 1.64. The van der Waals surface area contributed by atoms with Crippen LogP contribution in [-0.4, -0.2) is 24.0 Å². The van der Waals surface area contributed by atoms with Crippen LogP contribution in [-0.2, 0) is 0 Å². The van der Waals surface area contributed by atoms with E-state index < -0.39 is 0 Å². The minimum absolute atomic E-state index is 0.483. The van der Waals surface area contributed by atoms with E-state index >= 15 is 0 Å². The highest BCUT2D eigenvalue weighted by atomic mass is 32.2. The Hall–Kier alpha value is -0.410. The van der Waals surface area contributed by atoms with Gasteiger partial charge in [0.2, 0.25) is 0 Å². The molecule has 1 aromatic heterocycles. The Morgan fingerprint density at radius 2 is 2.55 bits per heavy atom. The van der Waals surface area contributed by atoms with Crippen LogP contribution in [0.15, 0.2) is 18.5 Å². The van der Waals surface area contributed by atoms with Crippen molar-refractivity contribution in [3.63, 3.8) is 0 Å². The first-order valence-corrected chi connectivity index (χ1v) is 5.06. The number of thioether (sulfide) groups is 1. The van der Waals surface area contributed by atoms with Crippen LogP contribution in [0.25, 0.3) is 0 Å². The van der Waals surface area contributed by atoms with E-state index in [0.29, 0.717) is 6.04 Å². The highest BCUT2D eigenvalue weighted by Crippen LogP contribution is 2.15. The topological polar surface area (TPSA) is 27.8 Å². The van der Waals surface area contributed by atoms with Crippen LogP contribution >= 0.6 is 11.8 Å². The molecular weight excluding hydrogens is 156 g/mol. The molecule has 3 heteroatoms. The molecule has 0 aliphatic carbocycles. The van der Waals surface area contributed by atoms with Crippen LogP contribution in [0.4, 0.5) is 0 Å². The second-order valence-corrected chi connectivity index (χ2v) is 3.35. The van der Waals surface area contributed by atoms with Crippen LogP contribution in [0.2, 0.25) is 0 Å². The Morgan fingerprint density at radius 1 is 1.73 bits per heavy atom. The number of hydrogen-bond donors (Lipinski definition) is 2. The monoisotopic (exact) mass is 170 g/mol. The molecule has 0 bridgehead atoms. The summed E-state index contributed by atoms with van der Waals surface area (Å²) in [6.07, 6.45) is 6.12. The second-order valence-electron chi connectivity index (χ2n) is 2.44. The number of H-pyrrole nitrogens is 1. The van der Waals surface area contributed by atoms with E-state index in [-0.39, 0.29) is 0 Å². The molecule has 0 aliphatic rings. The second kappa shape index (κ2) is 4.46. The molecule has 0 saturated carbocycles. The van der Waals surface area contributed by atoms with Crippen molar-refractivity contribution in [1.29, 1.82) is 0 Å². The maximum absolute atomic E-state index is 3.26. The molecule has 0 spiro atoms. The van der Waals surface area contributed by atoms with Gasteiger partial charge in [0.05, 0.1) is 0 Å². The lowest BCUT2D eigenvalue weighted by Crippen LogP contribution is -2.17. The molecule has 62 valence electrons. The lowest BCUT2D eigenvalue weighted by Gasteiger charge is -2.12. The Bertz CT molecular complexity index is 184. The van der Waals surface area contributed by atoms with Crippen LogP contribution < -0.4 is 5.32 Å². The summed E-state index contributed by atoms with van der Waals surface area (Å²) in [4.78, 5) is 3.05. The van der Waals surface area contributed by atoms with E-state index in [1.54, 1.807) is 0 Å². The van der Waals surface area contributed by atoms with E-state index in [1.165, 1.54) is 5.56 Å². The zero-order valence-corrected chi connectivity index (χ0v) is 7.74. The largest absolute Gasteiger partial charge is 0.367 e. The average molecular weight is 170 g/mol. The van der Waals surface area contributed by atoms with E-state index in [0.717, 1.165) is 5.75 Å². The smallest absolute Gasteiger partial charge is 0.0424 e. The standard InChI is InChI=1S/C8H14N2S/c1-9-8(6-11-2)7-3-4-10-5-7/h3-5,8-10H,6H2,1-2H3. The molecule has 1 aromatic rings. The molecule has 0 amide bonds. The van der Waals surface area contributed by atoms with Gasteiger partial charge in [-0.3, -0.25) is 0 Å². The molecule has 2 nitrogen and oxygen atoms in total. The molecule has 1 rings (SSSR count). The molecule has 2 N–H and O–H groups in total. The van der Waals surface area contributed by atoms with Crippen LogP contribution in [0, 0.1) is 0 Å². The number of rotatable bonds is 4. The van der Waals surface area contributed by atoms with Gasteiger partial charge in [0.15, 0.2) is 0 Å². The van der Waals surface area contributed by atoms with Crippen molar-refractivity contribution in [1.82, 2.24) is 10.3 Å². The minimum Gasteiger partial charge on any atom is -0.367 e. The normalized spacial score (nSPS) is 13.3. The van der Waals surface area contributed by atoms with Crippen molar-refractivity contribution < 1.29 is 0 Å². The van der Waals surface area contributed by atoms with Gasteiger partial charge in [-0.1, -0.05) is 0 Å². The summed E-state index contributed by atoms with van der Waals surface area (Å²) in [6.45, 7) is 0. The summed E-state index contributed by atoms with van der Waals surface area (Å²) in [5, 5.41) is 3.26. The van der Waals surface area contributed by atoms with Crippen molar-refractivity contribution >= 4 is 11.8 Å². The Morgan fingerprint density at radius 3 is 3.00 bits per heavy atom. The van der Waals surface area contributed by atoms with E-state index in [4.69, 9.17) is 0 Å². The van der Waals surface area contributed by atoms with Crippen molar-refractivity contribution in [2.45, 2.75) is 6.04 Å². The zero-order valence-electron chi connectivity index (χ0n) is 6.92. The molecule has 1 atom stereocenters. The van der Waals surface area contributed by atoms with Crippen molar-refractivity contribution in [2.24, 2.45) is 0 Å².